The van der Waals surface area contributed by atoms with Crippen molar-refractivity contribution in [3.8, 4) is 11.5 Å². The number of carbonyl (C=O) groups excluding carboxylic acids is 2. The van der Waals surface area contributed by atoms with Crippen molar-refractivity contribution < 1.29 is 27.8 Å². The Hall–Kier alpha value is -3.16. The number of benzene rings is 2. The van der Waals surface area contributed by atoms with Gasteiger partial charge < -0.3 is 19.7 Å². The number of rotatable bonds is 9. The summed E-state index contributed by atoms with van der Waals surface area (Å²) >= 11 is 0. The van der Waals surface area contributed by atoms with Crippen LogP contribution in [0, 0.1) is 11.6 Å². The normalized spacial score (nSPS) is 12.9. The van der Waals surface area contributed by atoms with E-state index < -0.39 is 17.5 Å². The van der Waals surface area contributed by atoms with Gasteiger partial charge in [0, 0.05) is 25.1 Å². The molecule has 0 radical (unpaired) electrons. The van der Waals surface area contributed by atoms with Crippen molar-refractivity contribution in [1.82, 2.24) is 4.90 Å². The monoisotopic (exact) mass is 404 g/mol. The van der Waals surface area contributed by atoms with Gasteiger partial charge in [-0.05, 0) is 37.1 Å². The number of nitrogens with one attached hydrogen (secondary N) is 1. The number of halogens is 2. The van der Waals surface area contributed by atoms with Crippen LogP contribution in [0.4, 0.5) is 14.5 Å². The van der Waals surface area contributed by atoms with E-state index in [1.807, 2.05) is 0 Å². The van der Waals surface area contributed by atoms with E-state index in [0.29, 0.717) is 17.6 Å². The second kappa shape index (κ2) is 9.36. The van der Waals surface area contributed by atoms with E-state index in [1.165, 1.54) is 7.11 Å². The third kappa shape index (κ3) is 5.66. The molecule has 0 aromatic heterocycles. The predicted octanol–water partition coefficient (Wildman–Crippen LogP) is 3.37. The lowest BCUT2D eigenvalue weighted by Crippen LogP contribution is -2.38. The van der Waals surface area contributed by atoms with Gasteiger partial charge in [-0.15, -0.1) is 0 Å². The molecule has 8 heteroatoms. The second-order valence-corrected chi connectivity index (χ2v) is 6.68. The highest BCUT2D eigenvalue weighted by Gasteiger charge is 2.33. The molecule has 0 aliphatic heterocycles. The summed E-state index contributed by atoms with van der Waals surface area (Å²) in [6, 6.07) is 10.0. The highest BCUT2D eigenvalue weighted by molar-refractivity contribution is 5.91. The fraction of sp³-hybridized carbons (Fsp3) is 0.333. The van der Waals surface area contributed by atoms with Crippen molar-refractivity contribution in [3.05, 3.63) is 54.1 Å². The zero-order valence-electron chi connectivity index (χ0n) is 16.0. The van der Waals surface area contributed by atoms with Gasteiger partial charge in [0.15, 0.2) is 18.1 Å². The number of carbonyl (C=O) groups is 2. The summed E-state index contributed by atoms with van der Waals surface area (Å²) in [4.78, 5) is 26.3. The van der Waals surface area contributed by atoms with Crippen molar-refractivity contribution in [3.63, 3.8) is 0 Å². The zero-order valence-corrected chi connectivity index (χ0v) is 16.0. The van der Waals surface area contributed by atoms with Gasteiger partial charge in [-0.1, -0.05) is 12.1 Å². The quantitative estimate of drug-likeness (QED) is 0.696. The molecule has 1 aliphatic rings. The molecule has 6 nitrogen and oxygen atoms in total. The maximum absolute atomic E-state index is 13.7. The summed E-state index contributed by atoms with van der Waals surface area (Å²) in [6.07, 6.45) is 1.73. The van der Waals surface area contributed by atoms with Gasteiger partial charge in [0.05, 0.1) is 12.8 Å². The van der Waals surface area contributed by atoms with E-state index in [-0.39, 0.29) is 37.2 Å². The van der Waals surface area contributed by atoms with Crippen LogP contribution in [0.25, 0.3) is 0 Å². The molecule has 0 unspecified atom stereocenters. The predicted molar refractivity (Wildman–Crippen MR) is 103 cm³/mol. The number of hydrogen-bond acceptors (Lipinski definition) is 4. The summed E-state index contributed by atoms with van der Waals surface area (Å²) in [5, 5.41) is 2.40. The van der Waals surface area contributed by atoms with Crippen LogP contribution in [0.15, 0.2) is 42.5 Å². The number of anilines is 1. The first-order chi connectivity index (χ1) is 14.0. The van der Waals surface area contributed by atoms with Crippen LogP contribution in [0.2, 0.25) is 0 Å². The molecule has 2 aromatic carbocycles. The van der Waals surface area contributed by atoms with Gasteiger partial charge >= 0.3 is 0 Å². The zero-order chi connectivity index (χ0) is 20.8. The van der Waals surface area contributed by atoms with E-state index in [4.69, 9.17) is 9.47 Å². The Balaban J connectivity index is 1.53. The Morgan fingerprint density at radius 2 is 1.86 bits per heavy atom. The molecule has 0 bridgehead atoms. The van der Waals surface area contributed by atoms with Crippen LogP contribution < -0.4 is 14.8 Å². The summed E-state index contributed by atoms with van der Waals surface area (Å²) in [5.74, 6) is -1.28. The number of ether oxygens (including phenoxy) is 2. The lowest BCUT2D eigenvalue weighted by Gasteiger charge is -2.22. The van der Waals surface area contributed by atoms with Gasteiger partial charge in [-0.3, -0.25) is 9.59 Å². The van der Waals surface area contributed by atoms with Crippen molar-refractivity contribution in [1.29, 1.82) is 0 Å². The first-order valence-corrected chi connectivity index (χ1v) is 9.28. The lowest BCUT2D eigenvalue weighted by atomic mass is 10.2. The Labute approximate surface area is 167 Å². The average Bonchev–Trinajstić information content (AvgIpc) is 3.54. The second-order valence-electron chi connectivity index (χ2n) is 6.68. The standard InChI is InChI=1S/C21H22F2N2O4/c1-28-18-4-2-3-5-19(18)29-13-21(27)25(15-7-8-15)11-10-20(26)24-17-9-6-14(22)12-16(17)23/h2-6,9,12,15H,7-8,10-11,13H2,1H3,(H,24,26). The van der Waals surface area contributed by atoms with Crippen molar-refractivity contribution in [2.75, 3.05) is 25.6 Å². The van der Waals surface area contributed by atoms with Gasteiger partial charge in [-0.2, -0.15) is 0 Å². The van der Waals surface area contributed by atoms with Crippen LogP contribution in [-0.2, 0) is 9.59 Å². The number of hydrogen-bond donors (Lipinski definition) is 1. The molecule has 154 valence electrons. The fourth-order valence-corrected chi connectivity index (χ4v) is 2.88. The van der Waals surface area contributed by atoms with Gasteiger partial charge in [-0.25, -0.2) is 8.78 Å². The van der Waals surface area contributed by atoms with Crippen LogP contribution in [0.5, 0.6) is 11.5 Å². The molecule has 29 heavy (non-hydrogen) atoms. The Bertz CT molecular complexity index is 887. The topological polar surface area (TPSA) is 67.9 Å². The molecule has 1 saturated carbocycles. The smallest absolute Gasteiger partial charge is 0.260 e. The van der Waals surface area contributed by atoms with E-state index >= 15 is 0 Å². The van der Waals surface area contributed by atoms with E-state index in [9.17, 15) is 18.4 Å². The van der Waals surface area contributed by atoms with Crippen LogP contribution in [-0.4, -0.2) is 43.0 Å². The van der Waals surface area contributed by atoms with E-state index in [2.05, 4.69) is 5.32 Å². The van der Waals surface area contributed by atoms with Crippen LogP contribution in [0.1, 0.15) is 19.3 Å². The fourth-order valence-electron chi connectivity index (χ4n) is 2.88. The number of methoxy groups -OCH3 is 1. The minimum atomic E-state index is -0.848. The number of amides is 2. The summed E-state index contributed by atoms with van der Waals surface area (Å²) in [6.45, 7) is 0.0124. The number of para-hydroxylation sites is 2. The van der Waals surface area contributed by atoms with Gasteiger partial charge in [0.1, 0.15) is 11.6 Å². The molecular weight excluding hydrogens is 382 g/mol. The van der Waals surface area contributed by atoms with Gasteiger partial charge in [0.2, 0.25) is 5.91 Å². The summed E-state index contributed by atoms with van der Waals surface area (Å²) in [7, 11) is 1.52. The average molecular weight is 404 g/mol. The highest BCUT2D eigenvalue weighted by Crippen LogP contribution is 2.29. The van der Waals surface area contributed by atoms with Crippen molar-refractivity contribution >= 4 is 17.5 Å². The molecule has 1 aliphatic carbocycles. The molecule has 0 spiro atoms. The van der Waals surface area contributed by atoms with Crippen LogP contribution in [0.3, 0.4) is 0 Å². The molecule has 0 atom stereocenters. The first-order valence-electron chi connectivity index (χ1n) is 9.28. The maximum atomic E-state index is 13.7. The molecule has 3 rings (SSSR count). The summed E-state index contributed by atoms with van der Waals surface area (Å²) < 4.78 is 37.4. The minimum absolute atomic E-state index is 0.00624. The molecule has 1 fully saturated rings. The molecule has 2 aromatic rings. The van der Waals surface area contributed by atoms with Gasteiger partial charge in [0.25, 0.3) is 5.91 Å². The number of nitrogens with zero attached hydrogens (tertiary/aromatic N) is 1. The molecule has 1 N–H and O–H groups in total. The SMILES string of the molecule is COc1ccccc1OCC(=O)N(CCC(=O)Nc1ccc(F)cc1F)C1CC1. The Kier molecular flexibility index (Phi) is 6.64. The minimum Gasteiger partial charge on any atom is -0.493 e. The summed E-state index contributed by atoms with van der Waals surface area (Å²) in [5.41, 5.74) is -0.0970. The third-order valence-electron chi connectivity index (χ3n) is 4.51. The largest absolute Gasteiger partial charge is 0.493 e. The first kappa shape index (κ1) is 20.6. The highest BCUT2D eigenvalue weighted by atomic mass is 19.1. The van der Waals surface area contributed by atoms with Crippen molar-refractivity contribution in [2.24, 2.45) is 0 Å². The Morgan fingerprint density at radius 3 is 2.52 bits per heavy atom. The van der Waals surface area contributed by atoms with Crippen molar-refractivity contribution in [2.45, 2.75) is 25.3 Å². The van der Waals surface area contributed by atoms with Crippen LogP contribution >= 0.6 is 0 Å². The lowest BCUT2D eigenvalue weighted by molar-refractivity contribution is -0.134. The molecular formula is C21H22F2N2O4. The molecule has 0 heterocycles. The third-order valence-corrected chi connectivity index (χ3v) is 4.51. The molecule has 0 saturated heterocycles. The Morgan fingerprint density at radius 1 is 1.14 bits per heavy atom. The van der Waals surface area contributed by atoms with E-state index in [1.54, 1.807) is 29.2 Å². The molecule has 2 amide bonds. The van der Waals surface area contributed by atoms with E-state index in [0.717, 1.165) is 25.0 Å². The maximum Gasteiger partial charge on any atom is 0.260 e.